The second-order valence-corrected chi connectivity index (χ2v) is 4.58. The van der Waals surface area contributed by atoms with E-state index in [-0.39, 0.29) is 0 Å². The van der Waals surface area contributed by atoms with Crippen LogP contribution < -0.4 is 5.32 Å². The van der Waals surface area contributed by atoms with Crippen LogP contribution in [-0.2, 0) is 11.3 Å². The van der Waals surface area contributed by atoms with Crippen molar-refractivity contribution in [3.8, 4) is 0 Å². The molecule has 0 radical (unpaired) electrons. The van der Waals surface area contributed by atoms with E-state index < -0.39 is 0 Å². The highest BCUT2D eigenvalue weighted by Crippen LogP contribution is 2.15. The van der Waals surface area contributed by atoms with Crippen molar-refractivity contribution in [2.45, 2.75) is 20.5 Å². The van der Waals surface area contributed by atoms with E-state index in [4.69, 9.17) is 4.74 Å². The quantitative estimate of drug-likeness (QED) is 0.815. The molecule has 0 bridgehead atoms. The Hall–Kier alpha value is -1.12. The van der Waals surface area contributed by atoms with Gasteiger partial charge in [-0.25, -0.2) is 0 Å². The molecule has 2 heteroatoms. The lowest BCUT2D eigenvalue weighted by molar-refractivity contribution is 0.185. The van der Waals surface area contributed by atoms with Gasteiger partial charge in [-0.1, -0.05) is 49.8 Å². The molecule has 0 fully saturated rings. The Morgan fingerprint density at radius 3 is 2.41 bits per heavy atom. The molecule has 1 N–H and O–H groups in total. The van der Waals surface area contributed by atoms with Gasteiger partial charge in [-0.15, -0.1) is 0 Å². The molecular formula is C15H23NO. The van der Waals surface area contributed by atoms with Gasteiger partial charge in [0.15, 0.2) is 0 Å². The van der Waals surface area contributed by atoms with Crippen molar-refractivity contribution in [3.63, 3.8) is 0 Å². The van der Waals surface area contributed by atoms with E-state index in [0.717, 1.165) is 6.54 Å². The highest BCUT2D eigenvalue weighted by atomic mass is 16.5. The third kappa shape index (κ3) is 4.72. The zero-order chi connectivity index (χ0) is 12.7. The van der Waals surface area contributed by atoms with Crippen LogP contribution in [0.25, 0.3) is 6.08 Å². The SMILES string of the molecule is CNCC(=Cc1ccc(COC)cc1)C(C)C. The van der Waals surface area contributed by atoms with Crippen LogP contribution in [0.3, 0.4) is 0 Å². The predicted molar refractivity (Wildman–Crippen MR) is 73.9 cm³/mol. The molecule has 0 unspecified atom stereocenters. The molecule has 2 nitrogen and oxygen atoms in total. The number of methoxy groups -OCH3 is 1. The predicted octanol–water partition coefficient (Wildman–Crippen LogP) is 3.09. The summed E-state index contributed by atoms with van der Waals surface area (Å²) in [6, 6.07) is 8.53. The summed E-state index contributed by atoms with van der Waals surface area (Å²) < 4.78 is 5.10. The minimum atomic E-state index is 0.570. The van der Waals surface area contributed by atoms with Crippen LogP contribution >= 0.6 is 0 Å². The maximum Gasteiger partial charge on any atom is 0.0713 e. The largest absolute Gasteiger partial charge is 0.380 e. The molecule has 1 aromatic carbocycles. The maximum absolute atomic E-state index is 5.10. The fourth-order valence-electron chi connectivity index (χ4n) is 1.72. The van der Waals surface area contributed by atoms with E-state index in [1.54, 1.807) is 7.11 Å². The Bertz CT molecular complexity index is 352. The Kier molecular flexibility index (Phi) is 5.95. The first-order valence-corrected chi connectivity index (χ1v) is 6.10. The first-order valence-electron chi connectivity index (χ1n) is 6.10. The highest BCUT2D eigenvalue weighted by Gasteiger charge is 2.02. The number of hydrogen-bond donors (Lipinski definition) is 1. The van der Waals surface area contributed by atoms with E-state index in [1.807, 2.05) is 7.05 Å². The maximum atomic E-state index is 5.10. The zero-order valence-electron chi connectivity index (χ0n) is 11.3. The average Bonchev–Trinajstić information content (AvgIpc) is 2.31. The first kappa shape index (κ1) is 13.9. The summed E-state index contributed by atoms with van der Waals surface area (Å²) in [5, 5.41) is 3.21. The van der Waals surface area contributed by atoms with Gasteiger partial charge in [-0.3, -0.25) is 0 Å². The topological polar surface area (TPSA) is 21.3 Å². The van der Waals surface area contributed by atoms with Crippen molar-refractivity contribution in [1.82, 2.24) is 5.32 Å². The Balaban J connectivity index is 2.80. The molecule has 17 heavy (non-hydrogen) atoms. The Morgan fingerprint density at radius 1 is 1.29 bits per heavy atom. The summed E-state index contributed by atoms with van der Waals surface area (Å²) in [6.45, 7) is 6.07. The van der Waals surface area contributed by atoms with E-state index in [0.29, 0.717) is 12.5 Å². The summed E-state index contributed by atoms with van der Waals surface area (Å²) in [7, 11) is 3.70. The molecule has 0 aliphatic rings. The van der Waals surface area contributed by atoms with E-state index in [1.165, 1.54) is 16.7 Å². The van der Waals surface area contributed by atoms with Crippen LogP contribution in [0.1, 0.15) is 25.0 Å². The van der Waals surface area contributed by atoms with Gasteiger partial charge in [-0.2, -0.15) is 0 Å². The standard InChI is InChI=1S/C15H23NO/c1-12(2)15(10-16-3)9-13-5-7-14(8-6-13)11-17-4/h5-9,12,16H,10-11H2,1-4H3. The molecule has 0 saturated carbocycles. The second-order valence-electron chi connectivity index (χ2n) is 4.58. The Labute approximate surface area is 105 Å². The summed E-state index contributed by atoms with van der Waals surface area (Å²) in [6.07, 6.45) is 2.26. The van der Waals surface area contributed by atoms with Gasteiger partial charge in [0.2, 0.25) is 0 Å². The number of rotatable bonds is 6. The summed E-state index contributed by atoms with van der Waals surface area (Å²) in [4.78, 5) is 0. The molecule has 1 rings (SSSR count). The Morgan fingerprint density at radius 2 is 1.94 bits per heavy atom. The number of benzene rings is 1. The molecule has 0 aromatic heterocycles. The molecule has 94 valence electrons. The lowest BCUT2D eigenvalue weighted by atomic mass is 10.00. The number of nitrogens with one attached hydrogen (secondary N) is 1. The molecule has 0 amide bonds. The third-order valence-electron chi connectivity index (χ3n) is 2.77. The third-order valence-corrected chi connectivity index (χ3v) is 2.77. The van der Waals surface area contributed by atoms with E-state index in [2.05, 4.69) is 49.5 Å². The lowest BCUT2D eigenvalue weighted by Crippen LogP contribution is -2.13. The first-order chi connectivity index (χ1) is 8.17. The van der Waals surface area contributed by atoms with Crippen LogP contribution in [0.5, 0.6) is 0 Å². The average molecular weight is 233 g/mol. The summed E-state index contributed by atoms with van der Waals surface area (Å²) in [5.41, 5.74) is 3.89. The van der Waals surface area contributed by atoms with Gasteiger partial charge in [0.1, 0.15) is 0 Å². The van der Waals surface area contributed by atoms with Crippen LogP contribution in [0.4, 0.5) is 0 Å². The molecule has 0 saturated heterocycles. The summed E-state index contributed by atoms with van der Waals surface area (Å²) in [5.74, 6) is 0.570. The van der Waals surface area contributed by atoms with Gasteiger partial charge < -0.3 is 10.1 Å². The van der Waals surface area contributed by atoms with Crippen molar-refractivity contribution in [2.24, 2.45) is 5.92 Å². The highest BCUT2D eigenvalue weighted by molar-refractivity contribution is 5.54. The van der Waals surface area contributed by atoms with Gasteiger partial charge in [-0.05, 0) is 24.1 Å². The molecule has 0 heterocycles. The summed E-state index contributed by atoms with van der Waals surface area (Å²) >= 11 is 0. The molecule has 0 aliphatic carbocycles. The van der Waals surface area contributed by atoms with Gasteiger partial charge in [0.05, 0.1) is 6.61 Å². The van der Waals surface area contributed by atoms with Gasteiger partial charge in [0.25, 0.3) is 0 Å². The minimum Gasteiger partial charge on any atom is -0.380 e. The van der Waals surface area contributed by atoms with Crippen molar-refractivity contribution >= 4 is 6.08 Å². The fraction of sp³-hybridized carbons (Fsp3) is 0.467. The van der Waals surface area contributed by atoms with Crippen LogP contribution in [-0.4, -0.2) is 20.7 Å². The second kappa shape index (κ2) is 7.25. The number of hydrogen-bond acceptors (Lipinski definition) is 2. The van der Waals surface area contributed by atoms with Crippen molar-refractivity contribution in [2.75, 3.05) is 20.7 Å². The van der Waals surface area contributed by atoms with Gasteiger partial charge >= 0.3 is 0 Å². The molecule has 0 aliphatic heterocycles. The van der Waals surface area contributed by atoms with Crippen molar-refractivity contribution < 1.29 is 4.74 Å². The number of likely N-dealkylation sites (N-methyl/N-ethyl adjacent to an activating group) is 1. The van der Waals surface area contributed by atoms with E-state index >= 15 is 0 Å². The van der Waals surface area contributed by atoms with Crippen molar-refractivity contribution in [3.05, 3.63) is 41.0 Å². The molecule has 0 spiro atoms. The van der Waals surface area contributed by atoms with Crippen LogP contribution in [0.2, 0.25) is 0 Å². The molecule has 0 atom stereocenters. The van der Waals surface area contributed by atoms with E-state index in [9.17, 15) is 0 Å². The number of ether oxygens (including phenoxy) is 1. The lowest BCUT2D eigenvalue weighted by Gasteiger charge is -2.11. The molecule has 1 aromatic rings. The fourth-order valence-corrected chi connectivity index (χ4v) is 1.72. The zero-order valence-corrected chi connectivity index (χ0v) is 11.3. The molecular weight excluding hydrogens is 210 g/mol. The van der Waals surface area contributed by atoms with Crippen LogP contribution in [0.15, 0.2) is 29.8 Å². The van der Waals surface area contributed by atoms with Crippen LogP contribution in [0, 0.1) is 5.92 Å². The normalized spacial score (nSPS) is 12.2. The van der Waals surface area contributed by atoms with Gasteiger partial charge in [0, 0.05) is 13.7 Å². The minimum absolute atomic E-state index is 0.570. The monoisotopic (exact) mass is 233 g/mol. The van der Waals surface area contributed by atoms with Crippen molar-refractivity contribution in [1.29, 1.82) is 0 Å². The smallest absolute Gasteiger partial charge is 0.0713 e.